The molecule has 0 N–H and O–H groups in total. The van der Waals surface area contributed by atoms with Gasteiger partial charge in [-0.3, -0.25) is 0 Å². The Morgan fingerprint density at radius 2 is 2.10 bits per heavy atom. The summed E-state index contributed by atoms with van der Waals surface area (Å²) in [6, 6.07) is 0. The molecule has 0 aliphatic heterocycles. The van der Waals surface area contributed by atoms with Crippen LogP contribution in [0.25, 0.3) is 0 Å². The lowest BCUT2D eigenvalue weighted by Crippen LogP contribution is -2.15. The second kappa shape index (κ2) is 4.55. The predicted molar refractivity (Wildman–Crippen MR) is 53.2 cm³/mol. The minimum atomic E-state index is 0.679. The van der Waals surface area contributed by atoms with Crippen molar-refractivity contribution in [1.29, 1.82) is 0 Å². The first-order chi connectivity index (χ1) is 4.83. The third-order valence-electron chi connectivity index (χ3n) is 2.29. The van der Waals surface area contributed by atoms with Crippen molar-refractivity contribution in [2.45, 2.75) is 37.4 Å². The van der Waals surface area contributed by atoms with Gasteiger partial charge in [0.25, 0.3) is 0 Å². The molecule has 2 heteroatoms. The molecule has 60 valence electrons. The summed E-state index contributed by atoms with van der Waals surface area (Å²) in [5, 5.41) is 0.679. The van der Waals surface area contributed by atoms with Crippen molar-refractivity contribution in [2.75, 3.05) is 5.75 Å². The molecular formula is C8H16S2. The highest BCUT2D eigenvalue weighted by Gasteiger charge is 2.17. The Balaban J connectivity index is 2.18. The molecule has 0 nitrogen and oxygen atoms in total. The van der Waals surface area contributed by atoms with Gasteiger partial charge < -0.3 is 0 Å². The van der Waals surface area contributed by atoms with Gasteiger partial charge in [-0.05, 0) is 30.9 Å². The van der Waals surface area contributed by atoms with E-state index in [9.17, 15) is 0 Å². The number of hydrogen-bond acceptors (Lipinski definition) is 2. The topological polar surface area (TPSA) is 0 Å². The first-order valence-corrected chi connectivity index (χ1v) is 5.26. The number of rotatable bonds is 2. The zero-order valence-electron chi connectivity index (χ0n) is 6.29. The van der Waals surface area contributed by atoms with Gasteiger partial charge in [-0.1, -0.05) is 12.8 Å². The van der Waals surface area contributed by atoms with Crippen LogP contribution in [0.3, 0.4) is 0 Å². The maximum Gasteiger partial charge on any atom is 0.00194 e. The third kappa shape index (κ3) is 2.75. The predicted octanol–water partition coefficient (Wildman–Crippen LogP) is 2.79. The van der Waals surface area contributed by atoms with Crippen molar-refractivity contribution >= 4 is 25.3 Å². The fraction of sp³-hybridized carbons (Fsp3) is 1.00. The van der Waals surface area contributed by atoms with Crippen LogP contribution in [0.4, 0.5) is 0 Å². The first-order valence-electron chi connectivity index (χ1n) is 4.12. The number of thiol groups is 2. The highest BCUT2D eigenvalue weighted by Crippen LogP contribution is 2.29. The normalized spacial score (nSPS) is 34.2. The lowest BCUT2D eigenvalue weighted by molar-refractivity contribution is 0.361. The average molecular weight is 176 g/mol. The molecular weight excluding hydrogens is 160 g/mol. The molecule has 0 heterocycles. The van der Waals surface area contributed by atoms with Crippen LogP contribution in [-0.2, 0) is 0 Å². The Kier molecular flexibility index (Phi) is 4.00. The quantitative estimate of drug-likeness (QED) is 0.594. The molecule has 0 saturated heterocycles. The van der Waals surface area contributed by atoms with Crippen LogP contribution in [0.5, 0.6) is 0 Å². The van der Waals surface area contributed by atoms with Gasteiger partial charge in [-0.2, -0.15) is 25.3 Å². The second-order valence-electron chi connectivity index (χ2n) is 3.20. The third-order valence-corrected chi connectivity index (χ3v) is 3.02. The highest BCUT2D eigenvalue weighted by molar-refractivity contribution is 7.81. The molecule has 0 aromatic heterocycles. The van der Waals surface area contributed by atoms with E-state index in [1.165, 1.54) is 32.1 Å². The standard InChI is InChI=1S/C8H16S2/c9-5-4-7-2-1-3-8(10)6-7/h7-10H,1-6H2. The van der Waals surface area contributed by atoms with Crippen LogP contribution >= 0.6 is 25.3 Å². The molecule has 0 spiro atoms. The van der Waals surface area contributed by atoms with E-state index in [0.717, 1.165) is 11.7 Å². The molecule has 2 atom stereocenters. The summed E-state index contributed by atoms with van der Waals surface area (Å²) in [4.78, 5) is 0. The fourth-order valence-corrected chi connectivity index (χ4v) is 2.55. The van der Waals surface area contributed by atoms with Crippen LogP contribution in [0.2, 0.25) is 0 Å². The summed E-state index contributed by atoms with van der Waals surface area (Å²) in [6.45, 7) is 0. The SMILES string of the molecule is SCCC1CCCC(S)C1. The van der Waals surface area contributed by atoms with E-state index < -0.39 is 0 Å². The van der Waals surface area contributed by atoms with E-state index in [2.05, 4.69) is 25.3 Å². The summed E-state index contributed by atoms with van der Waals surface area (Å²) in [6.07, 6.45) is 6.74. The summed E-state index contributed by atoms with van der Waals surface area (Å²) >= 11 is 8.72. The maximum atomic E-state index is 4.49. The van der Waals surface area contributed by atoms with Crippen molar-refractivity contribution in [3.63, 3.8) is 0 Å². The summed E-state index contributed by atoms with van der Waals surface area (Å²) in [5.41, 5.74) is 0. The van der Waals surface area contributed by atoms with Crippen molar-refractivity contribution in [1.82, 2.24) is 0 Å². The molecule has 0 aromatic carbocycles. The van der Waals surface area contributed by atoms with Crippen molar-refractivity contribution in [3.8, 4) is 0 Å². The average Bonchev–Trinajstić information content (AvgIpc) is 1.88. The minimum Gasteiger partial charge on any atom is -0.179 e. The van der Waals surface area contributed by atoms with Crippen LogP contribution in [0, 0.1) is 5.92 Å². The lowest BCUT2D eigenvalue weighted by Gasteiger charge is -2.25. The molecule has 10 heavy (non-hydrogen) atoms. The fourth-order valence-electron chi connectivity index (χ4n) is 1.71. The van der Waals surface area contributed by atoms with Crippen LogP contribution in [-0.4, -0.2) is 11.0 Å². The molecule has 2 unspecified atom stereocenters. The van der Waals surface area contributed by atoms with E-state index in [1.807, 2.05) is 0 Å². The minimum absolute atomic E-state index is 0.679. The molecule has 0 amide bonds. The Bertz CT molecular complexity index is 91.3. The molecule has 0 bridgehead atoms. The summed E-state index contributed by atoms with van der Waals surface area (Å²) in [5.74, 6) is 1.97. The zero-order chi connectivity index (χ0) is 7.40. The van der Waals surface area contributed by atoms with Gasteiger partial charge in [0.15, 0.2) is 0 Å². The zero-order valence-corrected chi connectivity index (χ0v) is 8.08. The van der Waals surface area contributed by atoms with Gasteiger partial charge in [0.05, 0.1) is 0 Å². The molecule has 0 aromatic rings. The van der Waals surface area contributed by atoms with Crippen LogP contribution < -0.4 is 0 Å². The van der Waals surface area contributed by atoms with Gasteiger partial charge in [0.1, 0.15) is 0 Å². The maximum absolute atomic E-state index is 4.49. The van der Waals surface area contributed by atoms with Crippen molar-refractivity contribution in [3.05, 3.63) is 0 Å². The van der Waals surface area contributed by atoms with E-state index in [1.54, 1.807) is 0 Å². The Labute approximate surface area is 74.6 Å². The highest BCUT2D eigenvalue weighted by atomic mass is 32.1. The van der Waals surface area contributed by atoms with Crippen LogP contribution in [0.1, 0.15) is 32.1 Å². The van der Waals surface area contributed by atoms with E-state index in [4.69, 9.17) is 0 Å². The van der Waals surface area contributed by atoms with Gasteiger partial charge in [0.2, 0.25) is 0 Å². The number of hydrogen-bond donors (Lipinski definition) is 2. The molecule has 1 aliphatic rings. The molecule has 1 aliphatic carbocycles. The van der Waals surface area contributed by atoms with Crippen molar-refractivity contribution in [2.24, 2.45) is 5.92 Å². The molecule has 1 saturated carbocycles. The molecule has 1 fully saturated rings. The Morgan fingerprint density at radius 1 is 1.30 bits per heavy atom. The monoisotopic (exact) mass is 176 g/mol. The molecule has 1 rings (SSSR count). The second-order valence-corrected chi connectivity index (χ2v) is 4.38. The van der Waals surface area contributed by atoms with E-state index in [-0.39, 0.29) is 0 Å². The first kappa shape index (κ1) is 8.79. The van der Waals surface area contributed by atoms with Gasteiger partial charge in [-0.15, -0.1) is 0 Å². The summed E-state index contributed by atoms with van der Waals surface area (Å²) in [7, 11) is 0. The lowest BCUT2D eigenvalue weighted by atomic mass is 9.87. The smallest absolute Gasteiger partial charge is 0.00194 e. The largest absolute Gasteiger partial charge is 0.179 e. The van der Waals surface area contributed by atoms with Gasteiger partial charge in [0, 0.05) is 5.25 Å². The van der Waals surface area contributed by atoms with Crippen LogP contribution in [0.15, 0.2) is 0 Å². The van der Waals surface area contributed by atoms with Gasteiger partial charge in [-0.25, -0.2) is 0 Å². The van der Waals surface area contributed by atoms with Gasteiger partial charge >= 0.3 is 0 Å². The van der Waals surface area contributed by atoms with E-state index >= 15 is 0 Å². The van der Waals surface area contributed by atoms with Crippen molar-refractivity contribution < 1.29 is 0 Å². The molecule has 0 radical (unpaired) electrons. The summed E-state index contributed by atoms with van der Waals surface area (Å²) < 4.78 is 0. The Hall–Kier alpha value is 0.700. The van der Waals surface area contributed by atoms with E-state index in [0.29, 0.717) is 5.25 Å². The Morgan fingerprint density at radius 3 is 2.70 bits per heavy atom.